The van der Waals surface area contributed by atoms with Crippen molar-refractivity contribution in [1.82, 2.24) is 9.80 Å². The molecule has 2 N–H and O–H groups in total. The maximum absolute atomic E-state index is 12.8. The lowest BCUT2D eigenvalue weighted by atomic mass is 10.1. The van der Waals surface area contributed by atoms with Gasteiger partial charge in [-0.05, 0) is 98.5 Å². The van der Waals surface area contributed by atoms with Gasteiger partial charge in [0.25, 0.3) is 23.6 Å². The number of benzene rings is 3. The fourth-order valence-electron chi connectivity index (χ4n) is 4.65. The molecule has 0 saturated heterocycles. The molecule has 3 rings (SSSR count). The van der Waals surface area contributed by atoms with Gasteiger partial charge in [-0.25, -0.2) is 0 Å². The molecule has 0 radical (unpaired) electrons. The van der Waals surface area contributed by atoms with E-state index in [0.717, 1.165) is 25.7 Å². The number of rotatable bonds is 14. The quantitative estimate of drug-likeness (QED) is 0.225. The fraction of sp³-hybridized carbons (Fsp3) is 0.353. The molecule has 0 aromatic heterocycles. The molecule has 0 aliphatic heterocycles. The van der Waals surface area contributed by atoms with E-state index in [2.05, 4.69) is 10.6 Å². The highest BCUT2D eigenvalue weighted by Crippen LogP contribution is 2.16. The highest BCUT2D eigenvalue weighted by atomic mass is 16.2. The number of carbonyl (C=O) groups is 4. The number of amides is 4. The predicted octanol–water partition coefficient (Wildman–Crippen LogP) is 6.72. The van der Waals surface area contributed by atoms with Crippen LogP contribution in [0.15, 0.2) is 72.8 Å². The van der Waals surface area contributed by atoms with Crippen molar-refractivity contribution in [2.75, 3.05) is 36.8 Å². The molecule has 0 saturated carbocycles. The third-order valence-corrected chi connectivity index (χ3v) is 6.74. The van der Waals surface area contributed by atoms with E-state index in [9.17, 15) is 19.2 Å². The van der Waals surface area contributed by atoms with Crippen LogP contribution >= 0.6 is 0 Å². The lowest BCUT2D eigenvalue weighted by molar-refractivity contribution is 0.0748. The maximum atomic E-state index is 12.8. The van der Waals surface area contributed by atoms with Crippen LogP contribution in [0.2, 0.25) is 0 Å². The molecule has 222 valence electrons. The second-order valence-corrected chi connectivity index (χ2v) is 10.2. The molecule has 0 aliphatic rings. The number of hydrogen-bond donors (Lipinski definition) is 2. The third-order valence-electron chi connectivity index (χ3n) is 6.74. The SMILES string of the molecule is CCCN(CCC)C(=O)c1ccc(NC(=O)c2ccc(C(=O)Nc3ccc(C(=O)N(CCC)CCC)cc3)cc2)cc1. The average molecular weight is 571 g/mol. The van der Waals surface area contributed by atoms with Crippen LogP contribution < -0.4 is 10.6 Å². The van der Waals surface area contributed by atoms with Crippen molar-refractivity contribution in [2.24, 2.45) is 0 Å². The van der Waals surface area contributed by atoms with Gasteiger partial charge in [0.05, 0.1) is 0 Å². The first kappa shape index (κ1) is 32.1. The van der Waals surface area contributed by atoms with Gasteiger partial charge in [0.15, 0.2) is 0 Å². The van der Waals surface area contributed by atoms with Crippen LogP contribution in [0, 0.1) is 0 Å². The molecule has 42 heavy (non-hydrogen) atoms. The lowest BCUT2D eigenvalue weighted by Crippen LogP contribution is -2.32. The molecule has 3 aromatic rings. The minimum atomic E-state index is -0.319. The van der Waals surface area contributed by atoms with Crippen LogP contribution in [0.25, 0.3) is 0 Å². The van der Waals surface area contributed by atoms with Crippen LogP contribution in [-0.2, 0) is 0 Å². The van der Waals surface area contributed by atoms with Gasteiger partial charge in [-0.1, -0.05) is 27.7 Å². The number of anilines is 2. The zero-order valence-corrected chi connectivity index (χ0v) is 25.1. The summed E-state index contributed by atoms with van der Waals surface area (Å²) < 4.78 is 0. The number of nitrogens with one attached hydrogen (secondary N) is 2. The van der Waals surface area contributed by atoms with Crippen LogP contribution in [0.5, 0.6) is 0 Å². The molecule has 4 amide bonds. The molecule has 0 spiro atoms. The number of nitrogens with zero attached hydrogens (tertiary/aromatic N) is 2. The van der Waals surface area contributed by atoms with Gasteiger partial charge in [0.2, 0.25) is 0 Å². The van der Waals surface area contributed by atoms with E-state index in [4.69, 9.17) is 0 Å². The maximum Gasteiger partial charge on any atom is 0.255 e. The summed E-state index contributed by atoms with van der Waals surface area (Å²) in [6, 6.07) is 20.1. The summed E-state index contributed by atoms with van der Waals surface area (Å²) >= 11 is 0. The predicted molar refractivity (Wildman–Crippen MR) is 168 cm³/mol. The largest absolute Gasteiger partial charge is 0.339 e. The first-order valence-corrected chi connectivity index (χ1v) is 14.8. The summed E-state index contributed by atoms with van der Waals surface area (Å²) in [6.07, 6.45) is 3.58. The van der Waals surface area contributed by atoms with E-state index in [-0.39, 0.29) is 23.6 Å². The zero-order valence-electron chi connectivity index (χ0n) is 25.1. The molecule has 0 unspecified atom stereocenters. The smallest absolute Gasteiger partial charge is 0.255 e. The normalized spacial score (nSPS) is 10.6. The minimum absolute atomic E-state index is 0.0135. The molecule has 0 fully saturated rings. The van der Waals surface area contributed by atoms with Crippen molar-refractivity contribution in [3.05, 3.63) is 95.1 Å². The third kappa shape index (κ3) is 8.77. The summed E-state index contributed by atoms with van der Waals surface area (Å²) in [7, 11) is 0. The Hall–Kier alpha value is -4.46. The second kappa shape index (κ2) is 16.1. The Labute approximate surface area is 249 Å². The summed E-state index contributed by atoms with van der Waals surface area (Å²) in [6.45, 7) is 11.0. The Balaban J connectivity index is 1.57. The van der Waals surface area contributed by atoms with Gasteiger partial charge < -0.3 is 20.4 Å². The van der Waals surface area contributed by atoms with Gasteiger partial charge in [0, 0.05) is 59.8 Å². The van der Waals surface area contributed by atoms with E-state index in [1.807, 2.05) is 37.5 Å². The first-order valence-electron chi connectivity index (χ1n) is 14.8. The van der Waals surface area contributed by atoms with Crippen molar-refractivity contribution in [3.8, 4) is 0 Å². The highest BCUT2D eigenvalue weighted by molar-refractivity contribution is 6.07. The molecule has 0 heterocycles. The summed E-state index contributed by atoms with van der Waals surface area (Å²) in [5.41, 5.74) is 3.12. The first-order chi connectivity index (χ1) is 20.3. The molecule has 8 heteroatoms. The van der Waals surface area contributed by atoms with Crippen molar-refractivity contribution in [2.45, 2.75) is 53.4 Å². The Morgan fingerprint density at radius 3 is 0.976 bits per heavy atom. The molecule has 0 bridgehead atoms. The van der Waals surface area contributed by atoms with Crippen LogP contribution in [0.1, 0.15) is 94.8 Å². The number of carbonyl (C=O) groups excluding carboxylic acids is 4. The highest BCUT2D eigenvalue weighted by Gasteiger charge is 2.16. The van der Waals surface area contributed by atoms with Crippen molar-refractivity contribution in [3.63, 3.8) is 0 Å². The molecular weight excluding hydrogens is 528 g/mol. The van der Waals surface area contributed by atoms with Gasteiger partial charge in [-0.2, -0.15) is 0 Å². The Kier molecular flexibility index (Phi) is 12.3. The van der Waals surface area contributed by atoms with Crippen molar-refractivity contribution in [1.29, 1.82) is 0 Å². The Bertz CT molecular complexity index is 1220. The molecular formula is C34H42N4O4. The number of hydrogen-bond acceptors (Lipinski definition) is 4. The molecule has 8 nitrogen and oxygen atoms in total. The minimum Gasteiger partial charge on any atom is -0.339 e. The van der Waals surface area contributed by atoms with Crippen LogP contribution in [0.3, 0.4) is 0 Å². The lowest BCUT2D eigenvalue weighted by Gasteiger charge is -2.21. The standard InChI is InChI=1S/C34H42N4O4/c1-5-21-37(22-6-2)33(41)27-13-17-29(18-14-27)35-31(39)25-9-11-26(12-10-25)32(40)36-30-19-15-28(16-20-30)34(42)38(23-7-3)24-8-4/h9-20H,5-8,21-24H2,1-4H3,(H,35,39)(H,36,40). The molecule has 0 atom stereocenters. The Morgan fingerprint density at radius 1 is 0.452 bits per heavy atom. The van der Waals surface area contributed by atoms with Crippen molar-refractivity contribution >= 4 is 35.0 Å². The topological polar surface area (TPSA) is 98.8 Å². The van der Waals surface area contributed by atoms with Gasteiger partial charge in [0.1, 0.15) is 0 Å². The Morgan fingerprint density at radius 2 is 0.714 bits per heavy atom. The second-order valence-electron chi connectivity index (χ2n) is 10.2. The van der Waals surface area contributed by atoms with Crippen LogP contribution in [0.4, 0.5) is 11.4 Å². The van der Waals surface area contributed by atoms with E-state index in [0.29, 0.717) is 59.8 Å². The summed E-state index contributed by atoms with van der Waals surface area (Å²) in [5, 5.41) is 5.67. The van der Waals surface area contributed by atoms with E-state index >= 15 is 0 Å². The van der Waals surface area contributed by atoms with E-state index in [1.54, 1.807) is 72.8 Å². The van der Waals surface area contributed by atoms with Gasteiger partial charge in [-0.3, -0.25) is 19.2 Å². The molecule has 3 aromatic carbocycles. The summed E-state index contributed by atoms with van der Waals surface area (Å²) in [4.78, 5) is 54.8. The average Bonchev–Trinajstić information content (AvgIpc) is 3.01. The van der Waals surface area contributed by atoms with E-state index in [1.165, 1.54) is 0 Å². The fourth-order valence-corrected chi connectivity index (χ4v) is 4.65. The monoisotopic (exact) mass is 570 g/mol. The summed E-state index contributed by atoms with van der Waals surface area (Å²) in [5.74, 6) is -0.666. The van der Waals surface area contributed by atoms with E-state index < -0.39 is 0 Å². The zero-order chi connectivity index (χ0) is 30.5. The van der Waals surface area contributed by atoms with Crippen LogP contribution in [-0.4, -0.2) is 59.6 Å². The van der Waals surface area contributed by atoms with Gasteiger partial charge in [-0.15, -0.1) is 0 Å². The van der Waals surface area contributed by atoms with Crippen molar-refractivity contribution < 1.29 is 19.2 Å². The molecule has 0 aliphatic carbocycles. The van der Waals surface area contributed by atoms with Gasteiger partial charge >= 0.3 is 0 Å².